The van der Waals surface area contributed by atoms with Crippen molar-refractivity contribution in [2.75, 3.05) is 33.7 Å². The average molecular weight is 356 g/mol. The van der Waals surface area contributed by atoms with Gasteiger partial charge in [-0.05, 0) is 46.0 Å². The third-order valence-electron chi connectivity index (χ3n) is 4.99. The number of phenolic OH excluding ortho intramolecular Hbond substituents is 1. The Morgan fingerprint density at radius 1 is 1.38 bits per heavy atom. The lowest BCUT2D eigenvalue weighted by Gasteiger charge is -2.33. The molecule has 1 saturated heterocycles. The maximum Gasteiger partial charge on any atom is 0.257 e. The highest BCUT2D eigenvalue weighted by atomic mass is 16.3. The van der Waals surface area contributed by atoms with Gasteiger partial charge in [-0.15, -0.1) is 0 Å². The number of likely N-dealkylation sites (N-methyl/N-ethyl adjacent to an activating group) is 1. The minimum absolute atomic E-state index is 0.0511. The Morgan fingerprint density at radius 3 is 2.96 bits per heavy atom. The van der Waals surface area contributed by atoms with Crippen molar-refractivity contribution in [1.29, 1.82) is 0 Å². The van der Waals surface area contributed by atoms with Crippen molar-refractivity contribution in [3.05, 3.63) is 47.5 Å². The van der Waals surface area contributed by atoms with Gasteiger partial charge >= 0.3 is 0 Å². The summed E-state index contributed by atoms with van der Waals surface area (Å²) in [7, 11) is 4.12. The molecule has 1 aliphatic heterocycles. The molecule has 140 valence electrons. The molecule has 0 radical (unpaired) electrons. The number of amides is 1. The number of piperidine rings is 1. The number of hydrogen-bond acceptors (Lipinski definition) is 4. The van der Waals surface area contributed by atoms with E-state index < -0.39 is 0 Å². The monoisotopic (exact) mass is 356 g/mol. The maximum absolute atomic E-state index is 12.9. The minimum Gasteiger partial charge on any atom is -0.507 e. The summed E-state index contributed by atoms with van der Waals surface area (Å²) in [6, 6.07) is 5.17. The molecule has 1 amide bonds. The molecule has 3 rings (SSSR count). The number of aryl methyl sites for hydroxylation is 1. The Morgan fingerprint density at radius 2 is 2.19 bits per heavy atom. The molecule has 1 atom stereocenters. The minimum atomic E-state index is -0.0951. The van der Waals surface area contributed by atoms with E-state index in [0.717, 1.165) is 43.9 Å². The number of benzene rings is 1. The van der Waals surface area contributed by atoms with Gasteiger partial charge in [0.25, 0.3) is 5.91 Å². The topological polar surface area (TPSA) is 61.6 Å². The van der Waals surface area contributed by atoms with Gasteiger partial charge in [-0.1, -0.05) is 11.6 Å². The fraction of sp³-hybridized carbons (Fsp3) is 0.500. The van der Waals surface area contributed by atoms with E-state index in [2.05, 4.69) is 28.5 Å². The molecular weight excluding hydrogens is 328 g/mol. The van der Waals surface area contributed by atoms with Crippen LogP contribution in [0.15, 0.2) is 30.6 Å². The van der Waals surface area contributed by atoms with Crippen LogP contribution >= 0.6 is 0 Å². The lowest BCUT2D eigenvalue weighted by Crippen LogP contribution is -2.40. The van der Waals surface area contributed by atoms with Crippen LogP contribution in [0.2, 0.25) is 0 Å². The molecule has 0 spiro atoms. The summed E-state index contributed by atoms with van der Waals surface area (Å²) in [6.07, 6.45) is 5.84. The van der Waals surface area contributed by atoms with Crippen LogP contribution in [0.5, 0.6) is 5.75 Å². The summed E-state index contributed by atoms with van der Waals surface area (Å²) >= 11 is 0. The molecule has 1 aromatic carbocycles. The van der Waals surface area contributed by atoms with Crippen LogP contribution < -0.4 is 0 Å². The highest BCUT2D eigenvalue weighted by Crippen LogP contribution is 2.28. The Kier molecular flexibility index (Phi) is 5.61. The second-order valence-corrected chi connectivity index (χ2v) is 7.39. The van der Waals surface area contributed by atoms with Crippen molar-refractivity contribution < 1.29 is 9.90 Å². The van der Waals surface area contributed by atoms with Gasteiger partial charge in [0.2, 0.25) is 0 Å². The van der Waals surface area contributed by atoms with Crippen LogP contribution in [-0.2, 0) is 6.54 Å². The standard InChI is InChI=1S/C20H28N4O2/c1-15-6-7-18(25)17(13-15)20(26)24-9-4-5-16(14-24)19-21-8-10-23(19)12-11-22(2)3/h6-8,10,13,16,25H,4-5,9,11-12,14H2,1-3H3. The molecular formula is C20H28N4O2. The van der Waals surface area contributed by atoms with Gasteiger partial charge < -0.3 is 19.5 Å². The van der Waals surface area contributed by atoms with Crippen molar-refractivity contribution in [1.82, 2.24) is 19.4 Å². The van der Waals surface area contributed by atoms with Crippen LogP contribution in [0, 0.1) is 6.92 Å². The zero-order valence-electron chi connectivity index (χ0n) is 15.9. The Balaban J connectivity index is 1.75. The second-order valence-electron chi connectivity index (χ2n) is 7.39. The lowest BCUT2D eigenvalue weighted by molar-refractivity contribution is 0.0700. The van der Waals surface area contributed by atoms with Crippen molar-refractivity contribution in [2.24, 2.45) is 0 Å². The van der Waals surface area contributed by atoms with E-state index in [-0.39, 0.29) is 17.6 Å². The molecule has 1 aliphatic rings. The van der Waals surface area contributed by atoms with Crippen molar-refractivity contribution >= 4 is 5.91 Å². The summed E-state index contributed by atoms with van der Waals surface area (Å²) in [5, 5.41) is 10.1. The molecule has 2 aromatic rings. The zero-order chi connectivity index (χ0) is 18.7. The molecule has 6 heteroatoms. The fourth-order valence-electron chi connectivity index (χ4n) is 3.54. The molecule has 0 bridgehead atoms. The van der Waals surface area contributed by atoms with E-state index >= 15 is 0 Å². The SMILES string of the molecule is Cc1ccc(O)c(C(=O)N2CCCC(c3nccn3CCN(C)C)C2)c1. The number of carbonyl (C=O) groups is 1. The number of imidazole rings is 1. The largest absolute Gasteiger partial charge is 0.507 e. The van der Waals surface area contributed by atoms with Crippen LogP contribution in [0.3, 0.4) is 0 Å². The van der Waals surface area contributed by atoms with E-state index in [1.54, 1.807) is 12.1 Å². The van der Waals surface area contributed by atoms with E-state index in [4.69, 9.17) is 0 Å². The number of aromatic hydroxyl groups is 1. The Hall–Kier alpha value is -2.34. The first kappa shape index (κ1) is 18.5. The number of hydrogen-bond donors (Lipinski definition) is 1. The highest BCUT2D eigenvalue weighted by molar-refractivity contribution is 5.97. The number of phenols is 1. The van der Waals surface area contributed by atoms with Gasteiger partial charge in [0.05, 0.1) is 5.56 Å². The smallest absolute Gasteiger partial charge is 0.257 e. The maximum atomic E-state index is 12.9. The zero-order valence-corrected chi connectivity index (χ0v) is 15.9. The van der Waals surface area contributed by atoms with Crippen LogP contribution in [0.25, 0.3) is 0 Å². The number of carbonyl (C=O) groups excluding carboxylic acids is 1. The van der Waals surface area contributed by atoms with Gasteiger partial charge in [-0.25, -0.2) is 4.98 Å². The first-order valence-electron chi connectivity index (χ1n) is 9.20. The van der Waals surface area contributed by atoms with Crippen molar-refractivity contribution in [3.8, 4) is 5.75 Å². The number of rotatable bonds is 5. The fourth-order valence-corrected chi connectivity index (χ4v) is 3.54. The predicted octanol–water partition coefficient (Wildman–Crippen LogP) is 2.48. The first-order chi connectivity index (χ1) is 12.5. The average Bonchev–Trinajstić information content (AvgIpc) is 3.10. The van der Waals surface area contributed by atoms with E-state index in [1.165, 1.54) is 0 Å². The van der Waals surface area contributed by atoms with Gasteiger partial charge in [-0.3, -0.25) is 4.79 Å². The van der Waals surface area contributed by atoms with Gasteiger partial charge in [0, 0.05) is 44.5 Å². The predicted molar refractivity (Wildman–Crippen MR) is 102 cm³/mol. The molecule has 0 aliphatic carbocycles. The summed E-state index contributed by atoms with van der Waals surface area (Å²) < 4.78 is 2.20. The van der Waals surface area contributed by atoms with Crippen LogP contribution in [0.4, 0.5) is 0 Å². The molecule has 2 heterocycles. The normalized spacial score (nSPS) is 17.7. The molecule has 1 N–H and O–H groups in total. The quantitative estimate of drug-likeness (QED) is 0.894. The molecule has 0 saturated carbocycles. The second kappa shape index (κ2) is 7.91. The van der Waals surface area contributed by atoms with Gasteiger partial charge in [0.1, 0.15) is 11.6 Å². The molecule has 1 fully saturated rings. The van der Waals surface area contributed by atoms with E-state index in [0.29, 0.717) is 12.1 Å². The van der Waals surface area contributed by atoms with Gasteiger partial charge in [-0.2, -0.15) is 0 Å². The molecule has 1 aromatic heterocycles. The number of nitrogens with zero attached hydrogens (tertiary/aromatic N) is 4. The summed E-state index contributed by atoms with van der Waals surface area (Å²) in [5.41, 5.74) is 1.36. The third-order valence-corrected chi connectivity index (χ3v) is 4.99. The third kappa shape index (κ3) is 4.07. The first-order valence-corrected chi connectivity index (χ1v) is 9.20. The lowest BCUT2D eigenvalue weighted by atomic mass is 9.96. The summed E-state index contributed by atoms with van der Waals surface area (Å²) in [6.45, 7) is 5.14. The van der Waals surface area contributed by atoms with Crippen molar-refractivity contribution in [2.45, 2.75) is 32.2 Å². The van der Waals surface area contributed by atoms with E-state index in [1.807, 2.05) is 30.3 Å². The van der Waals surface area contributed by atoms with Crippen LogP contribution in [-0.4, -0.2) is 64.1 Å². The highest BCUT2D eigenvalue weighted by Gasteiger charge is 2.29. The van der Waals surface area contributed by atoms with Crippen LogP contribution in [0.1, 0.15) is 40.5 Å². The summed E-state index contributed by atoms with van der Waals surface area (Å²) in [5.74, 6) is 1.24. The summed E-state index contributed by atoms with van der Waals surface area (Å²) in [4.78, 5) is 21.5. The van der Waals surface area contributed by atoms with Gasteiger partial charge in [0.15, 0.2) is 0 Å². The molecule has 1 unspecified atom stereocenters. The van der Waals surface area contributed by atoms with Crippen molar-refractivity contribution in [3.63, 3.8) is 0 Å². The Labute approximate surface area is 155 Å². The Bertz CT molecular complexity index is 769. The number of likely N-dealkylation sites (tertiary alicyclic amines) is 1. The molecule has 6 nitrogen and oxygen atoms in total. The number of aromatic nitrogens is 2. The molecule has 26 heavy (non-hydrogen) atoms. The van der Waals surface area contributed by atoms with E-state index in [9.17, 15) is 9.90 Å².